The summed E-state index contributed by atoms with van der Waals surface area (Å²) < 4.78 is 0. The maximum atomic E-state index is 12.6. The minimum atomic E-state index is -0.856. The van der Waals surface area contributed by atoms with Crippen LogP contribution in [0.4, 0.5) is 4.79 Å². The lowest BCUT2D eigenvalue weighted by atomic mass is 9.98. The molecule has 2 unspecified atom stereocenters. The number of carboxylic acid groups (broad SMARTS) is 1. The van der Waals surface area contributed by atoms with Crippen molar-refractivity contribution in [2.75, 3.05) is 19.6 Å². The molecular formula is C15H28N2O3. The van der Waals surface area contributed by atoms with E-state index < -0.39 is 5.97 Å². The standard InChI is InChI=1S/C15H28N2O3/c1-4-13-7-6-9-16(10-8-13)15(20)17(5-2)12(3)11-14(18)19/h12-13H,4-11H2,1-3H3,(H,18,19). The molecule has 1 fully saturated rings. The minimum Gasteiger partial charge on any atom is -0.481 e. The number of hydrogen-bond donors (Lipinski definition) is 1. The molecule has 0 saturated carbocycles. The van der Waals surface area contributed by atoms with Gasteiger partial charge in [-0.3, -0.25) is 4.79 Å². The SMILES string of the molecule is CCC1CCCN(C(=O)N(CC)C(C)CC(=O)O)CC1. The van der Waals surface area contributed by atoms with Crippen LogP contribution in [0.15, 0.2) is 0 Å². The summed E-state index contributed by atoms with van der Waals surface area (Å²) in [6, 6.07) is -0.256. The molecule has 1 rings (SSSR count). The number of amides is 2. The number of likely N-dealkylation sites (tertiary alicyclic amines) is 1. The van der Waals surface area contributed by atoms with Crippen molar-refractivity contribution in [2.24, 2.45) is 5.92 Å². The Hall–Kier alpha value is -1.26. The van der Waals surface area contributed by atoms with E-state index in [1.807, 2.05) is 18.7 Å². The zero-order valence-corrected chi connectivity index (χ0v) is 13.0. The van der Waals surface area contributed by atoms with Gasteiger partial charge in [0.25, 0.3) is 0 Å². The molecular weight excluding hydrogens is 256 g/mol. The van der Waals surface area contributed by atoms with E-state index >= 15 is 0 Å². The van der Waals surface area contributed by atoms with Gasteiger partial charge in [0.05, 0.1) is 6.42 Å². The molecule has 0 aromatic carbocycles. The first-order valence-corrected chi connectivity index (χ1v) is 7.76. The molecule has 0 radical (unpaired) electrons. The normalized spacial score (nSPS) is 21.1. The lowest BCUT2D eigenvalue weighted by molar-refractivity contribution is -0.138. The number of carbonyl (C=O) groups is 2. The second kappa shape index (κ2) is 8.12. The molecule has 1 aliphatic rings. The van der Waals surface area contributed by atoms with Crippen molar-refractivity contribution in [1.29, 1.82) is 0 Å². The van der Waals surface area contributed by atoms with E-state index in [0.717, 1.165) is 31.8 Å². The minimum absolute atomic E-state index is 0.00185. The van der Waals surface area contributed by atoms with Gasteiger partial charge in [-0.25, -0.2) is 4.79 Å². The quantitative estimate of drug-likeness (QED) is 0.844. The van der Waals surface area contributed by atoms with Crippen LogP contribution in [0.2, 0.25) is 0 Å². The molecule has 1 heterocycles. The van der Waals surface area contributed by atoms with E-state index in [2.05, 4.69) is 6.92 Å². The summed E-state index contributed by atoms with van der Waals surface area (Å²) in [7, 11) is 0. The Kier molecular flexibility index (Phi) is 6.82. The molecule has 1 aliphatic heterocycles. The highest BCUT2D eigenvalue weighted by Crippen LogP contribution is 2.21. The van der Waals surface area contributed by atoms with Crippen LogP contribution in [-0.2, 0) is 4.79 Å². The van der Waals surface area contributed by atoms with E-state index in [9.17, 15) is 9.59 Å². The second-order valence-electron chi connectivity index (χ2n) is 5.71. The molecule has 116 valence electrons. The molecule has 1 saturated heterocycles. The topological polar surface area (TPSA) is 60.9 Å². The fraction of sp³-hybridized carbons (Fsp3) is 0.867. The molecule has 2 atom stereocenters. The van der Waals surface area contributed by atoms with Gasteiger partial charge in [-0.05, 0) is 39.0 Å². The van der Waals surface area contributed by atoms with Crippen LogP contribution in [0.5, 0.6) is 0 Å². The van der Waals surface area contributed by atoms with Crippen molar-refractivity contribution in [3.8, 4) is 0 Å². The third kappa shape index (κ3) is 4.69. The highest BCUT2D eigenvalue weighted by atomic mass is 16.4. The zero-order chi connectivity index (χ0) is 15.1. The molecule has 0 aromatic heterocycles. The van der Waals surface area contributed by atoms with Gasteiger partial charge in [0.2, 0.25) is 0 Å². The van der Waals surface area contributed by atoms with E-state index in [0.29, 0.717) is 6.54 Å². The van der Waals surface area contributed by atoms with E-state index in [4.69, 9.17) is 5.11 Å². The first kappa shape index (κ1) is 16.8. The van der Waals surface area contributed by atoms with E-state index in [-0.39, 0.29) is 18.5 Å². The van der Waals surface area contributed by atoms with Gasteiger partial charge in [0.1, 0.15) is 0 Å². The molecule has 0 spiro atoms. The summed E-state index contributed by atoms with van der Waals surface area (Å²) in [4.78, 5) is 27.0. The first-order chi connectivity index (χ1) is 9.49. The van der Waals surface area contributed by atoms with Crippen molar-refractivity contribution in [3.05, 3.63) is 0 Å². The van der Waals surface area contributed by atoms with Gasteiger partial charge in [-0.2, -0.15) is 0 Å². The predicted molar refractivity (Wildman–Crippen MR) is 78.7 cm³/mol. The van der Waals surface area contributed by atoms with Crippen LogP contribution >= 0.6 is 0 Å². The Morgan fingerprint density at radius 2 is 2.00 bits per heavy atom. The van der Waals surface area contributed by atoms with Crippen molar-refractivity contribution < 1.29 is 14.7 Å². The van der Waals surface area contributed by atoms with Crippen LogP contribution in [0.1, 0.15) is 52.9 Å². The number of nitrogens with zero attached hydrogens (tertiary/aromatic N) is 2. The van der Waals surface area contributed by atoms with Gasteiger partial charge in [0.15, 0.2) is 0 Å². The van der Waals surface area contributed by atoms with Crippen molar-refractivity contribution in [2.45, 2.75) is 58.9 Å². The number of rotatable bonds is 5. The summed E-state index contributed by atoms with van der Waals surface area (Å²) in [5, 5.41) is 8.88. The average Bonchev–Trinajstić information content (AvgIpc) is 2.63. The van der Waals surface area contributed by atoms with Crippen molar-refractivity contribution >= 4 is 12.0 Å². The van der Waals surface area contributed by atoms with Gasteiger partial charge >= 0.3 is 12.0 Å². The highest BCUT2D eigenvalue weighted by molar-refractivity contribution is 5.76. The molecule has 0 bridgehead atoms. The van der Waals surface area contributed by atoms with Crippen LogP contribution in [0.25, 0.3) is 0 Å². The predicted octanol–water partition coefficient (Wildman–Crippen LogP) is 2.80. The largest absolute Gasteiger partial charge is 0.481 e. The second-order valence-corrected chi connectivity index (χ2v) is 5.71. The summed E-state index contributed by atoms with van der Waals surface area (Å²) in [6.07, 6.45) is 4.49. The number of aliphatic carboxylic acids is 1. The number of carboxylic acids is 1. The van der Waals surface area contributed by atoms with Gasteiger partial charge in [-0.15, -0.1) is 0 Å². The third-order valence-electron chi connectivity index (χ3n) is 4.28. The fourth-order valence-corrected chi connectivity index (χ4v) is 2.94. The first-order valence-electron chi connectivity index (χ1n) is 7.76. The third-order valence-corrected chi connectivity index (χ3v) is 4.28. The molecule has 2 amide bonds. The Labute approximate surface area is 121 Å². The fourth-order valence-electron chi connectivity index (χ4n) is 2.94. The summed E-state index contributed by atoms with van der Waals surface area (Å²) >= 11 is 0. The molecule has 5 heteroatoms. The Balaban J connectivity index is 2.63. The van der Waals surface area contributed by atoms with Crippen LogP contribution in [-0.4, -0.2) is 52.6 Å². The van der Waals surface area contributed by atoms with Gasteiger partial charge < -0.3 is 14.9 Å². The smallest absolute Gasteiger partial charge is 0.320 e. The molecule has 20 heavy (non-hydrogen) atoms. The molecule has 5 nitrogen and oxygen atoms in total. The van der Waals surface area contributed by atoms with Crippen LogP contribution in [0, 0.1) is 5.92 Å². The maximum absolute atomic E-state index is 12.6. The Morgan fingerprint density at radius 1 is 1.30 bits per heavy atom. The van der Waals surface area contributed by atoms with Gasteiger partial charge in [-0.1, -0.05) is 13.3 Å². The van der Waals surface area contributed by atoms with Crippen molar-refractivity contribution in [3.63, 3.8) is 0 Å². The summed E-state index contributed by atoms with van der Waals surface area (Å²) in [6.45, 7) is 8.07. The maximum Gasteiger partial charge on any atom is 0.320 e. The van der Waals surface area contributed by atoms with Gasteiger partial charge in [0, 0.05) is 25.7 Å². The Morgan fingerprint density at radius 3 is 2.55 bits per heavy atom. The van der Waals surface area contributed by atoms with E-state index in [1.165, 1.54) is 12.8 Å². The number of carbonyl (C=O) groups excluding carboxylic acids is 1. The zero-order valence-electron chi connectivity index (χ0n) is 13.0. The number of hydrogen-bond acceptors (Lipinski definition) is 2. The van der Waals surface area contributed by atoms with Crippen molar-refractivity contribution in [1.82, 2.24) is 9.80 Å². The molecule has 0 aromatic rings. The van der Waals surface area contributed by atoms with Crippen LogP contribution < -0.4 is 0 Å². The molecule has 0 aliphatic carbocycles. The van der Waals surface area contributed by atoms with E-state index in [1.54, 1.807) is 4.90 Å². The average molecular weight is 284 g/mol. The van der Waals surface area contributed by atoms with Crippen LogP contribution in [0.3, 0.4) is 0 Å². The lowest BCUT2D eigenvalue weighted by Crippen LogP contribution is -2.48. The summed E-state index contributed by atoms with van der Waals surface area (Å²) in [5.41, 5.74) is 0. The molecule has 1 N–H and O–H groups in total. The number of urea groups is 1. The monoisotopic (exact) mass is 284 g/mol. The Bertz CT molecular complexity index is 333. The lowest BCUT2D eigenvalue weighted by Gasteiger charge is -2.33. The highest BCUT2D eigenvalue weighted by Gasteiger charge is 2.27. The summed E-state index contributed by atoms with van der Waals surface area (Å²) in [5.74, 6) is -0.134.